The zero-order valence-electron chi connectivity index (χ0n) is 6.20. The zero-order chi connectivity index (χ0) is 8.55. The summed E-state index contributed by atoms with van der Waals surface area (Å²) >= 11 is 3.37. The summed E-state index contributed by atoms with van der Waals surface area (Å²) in [6.07, 6.45) is 1.75. The van der Waals surface area contributed by atoms with E-state index in [4.69, 9.17) is 0 Å². The molecular weight excluding hydrogens is 218 g/mol. The number of nitrogens with zero attached hydrogens (tertiary/aromatic N) is 1. The number of aromatic nitrogens is 1. The minimum absolute atomic E-state index is 0.00574. The second kappa shape index (κ2) is 2.75. The first-order valence-electron chi connectivity index (χ1n) is 3.55. The maximum atomic E-state index is 11.3. The topological polar surface area (TPSA) is 21.5 Å². The maximum absolute atomic E-state index is 11.3. The van der Waals surface area contributed by atoms with Crippen LogP contribution >= 0.6 is 15.9 Å². The molecule has 2 aromatic rings. The van der Waals surface area contributed by atoms with Gasteiger partial charge in [-0.1, -0.05) is 6.07 Å². The van der Waals surface area contributed by atoms with Crippen molar-refractivity contribution in [2.75, 3.05) is 0 Å². The molecule has 3 heteroatoms. The van der Waals surface area contributed by atoms with Crippen LogP contribution in [-0.2, 0) is 0 Å². The van der Waals surface area contributed by atoms with Crippen LogP contribution in [0.1, 0.15) is 0 Å². The smallest absolute Gasteiger partial charge is 0.255 e. The Bertz CT molecular complexity index is 475. The number of halogens is 1. The maximum Gasteiger partial charge on any atom is 0.255 e. The average molecular weight is 224 g/mol. The molecule has 0 aliphatic heterocycles. The van der Waals surface area contributed by atoms with Crippen molar-refractivity contribution in [3.8, 4) is 0 Å². The second-order valence-electron chi connectivity index (χ2n) is 2.48. The summed E-state index contributed by atoms with van der Waals surface area (Å²) in [4.78, 5) is 11.3. The minimum Gasteiger partial charge on any atom is -0.283 e. The highest BCUT2D eigenvalue weighted by atomic mass is 79.9. The fourth-order valence-corrected chi connectivity index (χ4v) is 1.60. The van der Waals surface area contributed by atoms with Crippen LogP contribution in [0.5, 0.6) is 0 Å². The highest BCUT2D eigenvalue weighted by molar-refractivity contribution is 9.10. The minimum atomic E-state index is -0.00574. The van der Waals surface area contributed by atoms with Crippen molar-refractivity contribution < 1.29 is 0 Å². The van der Waals surface area contributed by atoms with Crippen LogP contribution in [0, 0.1) is 0 Å². The van der Waals surface area contributed by atoms with E-state index in [1.165, 1.54) is 6.07 Å². The van der Waals surface area contributed by atoms with Gasteiger partial charge >= 0.3 is 0 Å². The monoisotopic (exact) mass is 223 g/mol. The molecule has 0 radical (unpaired) electrons. The molecule has 0 fully saturated rings. The molecule has 2 nitrogen and oxygen atoms in total. The normalized spacial score (nSPS) is 10.4. The summed E-state index contributed by atoms with van der Waals surface area (Å²) in [5.41, 5.74) is 0.888. The summed E-state index contributed by atoms with van der Waals surface area (Å²) in [6.45, 7) is 0. The number of hydrogen-bond acceptors (Lipinski definition) is 1. The van der Waals surface area contributed by atoms with Crippen molar-refractivity contribution in [1.29, 1.82) is 0 Å². The molecule has 0 amide bonds. The summed E-state index contributed by atoms with van der Waals surface area (Å²) in [7, 11) is 0. The van der Waals surface area contributed by atoms with Crippen molar-refractivity contribution >= 4 is 21.4 Å². The lowest BCUT2D eigenvalue weighted by atomic mass is 10.3. The van der Waals surface area contributed by atoms with Gasteiger partial charge in [-0.2, -0.15) is 0 Å². The third-order valence-corrected chi connectivity index (χ3v) is 2.38. The van der Waals surface area contributed by atoms with Crippen LogP contribution < -0.4 is 5.56 Å². The van der Waals surface area contributed by atoms with Gasteiger partial charge in [0.1, 0.15) is 0 Å². The Morgan fingerprint density at radius 3 is 2.75 bits per heavy atom. The molecule has 60 valence electrons. The molecule has 2 rings (SSSR count). The quantitative estimate of drug-likeness (QED) is 0.671. The largest absolute Gasteiger partial charge is 0.283 e. The van der Waals surface area contributed by atoms with Crippen LogP contribution in [0.25, 0.3) is 5.52 Å². The third-order valence-electron chi connectivity index (χ3n) is 1.71. The molecule has 12 heavy (non-hydrogen) atoms. The van der Waals surface area contributed by atoms with Gasteiger partial charge in [0.15, 0.2) is 0 Å². The van der Waals surface area contributed by atoms with E-state index in [0.717, 1.165) is 9.99 Å². The van der Waals surface area contributed by atoms with E-state index in [9.17, 15) is 4.79 Å². The lowest BCUT2D eigenvalue weighted by Crippen LogP contribution is -2.10. The Morgan fingerprint density at radius 1 is 1.17 bits per heavy atom. The fraction of sp³-hybridized carbons (Fsp3) is 0. The summed E-state index contributed by atoms with van der Waals surface area (Å²) in [5, 5.41) is 0. The lowest BCUT2D eigenvalue weighted by Gasteiger charge is -1.99. The van der Waals surface area contributed by atoms with Gasteiger partial charge in [-0.05, 0) is 34.1 Å². The van der Waals surface area contributed by atoms with Crippen molar-refractivity contribution in [1.82, 2.24) is 4.40 Å². The summed E-state index contributed by atoms with van der Waals surface area (Å²) in [5.74, 6) is 0. The molecule has 2 heterocycles. The molecule has 0 atom stereocenters. The van der Waals surface area contributed by atoms with Crippen LogP contribution in [-0.4, -0.2) is 4.40 Å². The fourth-order valence-electron chi connectivity index (χ4n) is 1.14. The number of rotatable bonds is 0. The van der Waals surface area contributed by atoms with E-state index in [1.54, 1.807) is 16.7 Å². The number of pyridine rings is 2. The Hall–Kier alpha value is -1.09. The van der Waals surface area contributed by atoms with Crippen LogP contribution in [0.15, 0.2) is 45.8 Å². The average Bonchev–Trinajstić information content (AvgIpc) is 2.12. The molecular formula is C9H6BrNO. The van der Waals surface area contributed by atoms with E-state index in [1.807, 2.05) is 18.2 Å². The number of hydrogen-bond donors (Lipinski definition) is 0. The standard InChI is InChI=1S/C9H6BrNO/c10-7-4-5-9(12)11-6-2-1-3-8(7)11/h1-6H. The molecule has 0 spiro atoms. The predicted molar refractivity (Wildman–Crippen MR) is 51.4 cm³/mol. The molecule has 0 saturated carbocycles. The first-order chi connectivity index (χ1) is 5.79. The molecule has 0 aliphatic carbocycles. The van der Waals surface area contributed by atoms with E-state index < -0.39 is 0 Å². The first kappa shape index (κ1) is 7.55. The predicted octanol–water partition coefficient (Wildman–Crippen LogP) is 2.06. The van der Waals surface area contributed by atoms with E-state index in [2.05, 4.69) is 15.9 Å². The Labute approximate surface area is 77.6 Å². The molecule has 0 unspecified atom stereocenters. The zero-order valence-corrected chi connectivity index (χ0v) is 7.78. The van der Waals surface area contributed by atoms with Crippen LogP contribution in [0.2, 0.25) is 0 Å². The molecule has 0 aromatic carbocycles. The molecule has 0 N–H and O–H groups in total. The highest BCUT2D eigenvalue weighted by Gasteiger charge is 1.97. The molecule has 0 aliphatic rings. The van der Waals surface area contributed by atoms with Gasteiger partial charge in [-0.25, -0.2) is 0 Å². The van der Waals surface area contributed by atoms with Crippen LogP contribution in [0.3, 0.4) is 0 Å². The SMILES string of the molecule is O=c1ccc(Br)c2ccccn12. The van der Waals surface area contributed by atoms with Gasteiger partial charge in [0.25, 0.3) is 5.56 Å². The number of fused-ring (bicyclic) bond motifs is 1. The van der Waals surface area contributed by atoms with Gasteiger partial charge in [-0.3, -0.25) is 9.20 Å². The van der Waals surface area contributed by atoms with Crippen molar-refractivity contribution in [2.24, 2.45) is 0 Å². The van der Waals surface area contributed by atoms with Crippen molar-refractivity contribution in [2.45, 2.75) is 0 Å². The highest BCUT2D eigenvalue weighted by Crippen LogP contribution is 2.14. The van der Waals surface area contributed by atoms with Crippen molar-refractivity contribution in [3.05, 3.63) is 51.4 Å². The first-order valence-corrected chi connectivity index (χ1v) is 4.34. The Balaban J connectivity index is 3.05. The van der Waals surface area contributed by atoms with E-state index >= 15 is 0 Å². The van der Waals surface area contributed by atoms with Gasteiger partial charge in [-0.15, -0.1) is 0 Å². The third kappa shape index (κ3) is 1.06. The van der Waals surface area contributed by atoms with Gasteiger partial charge in [0, 0.05) is 16.7 Å². The lowest BCUT2D eigenvalue weighted by molar-refractivity contribution is 1.09. The summed E-state index contributed by atoms with van der Waals surface area (Å²) < 4.78 is 2.53. The molecule has 2 aromatic heterocycles. The van der Waals surface area contributed by atoms with E-state index in [0.29, 0.717) is 0 Å². The Morgan fingerprint density at radius 2 is 2.00 bits per heavy atom. The van der Waals surface area contributed by atoms with Crippen LogP contribution in [0.4, 0.5) is 0 Å². The second-order valence-corrected chi connectivity index (χ2v) is 3.33. The van der Waals surface area contributed by atoms with Gasteiger partial charge < -0.3 is 0 Å². The van der Waals surface area contributed by atoms with E-state index in [-0.39, 0.29) is 5.56 Å². The molecule has 0 saturated heterocycles. The Kier molecular flexibility index (Phi) is 1.73. The molecule has 0 bridgehead atoms. The van der Waals surface area contributed by atoms with Gasteiger partial charge in [0.05, 0.1) is 5.52 Å². The van der Waals surface area contributed by atoms with Crippen molar-refractivity contribution in [3.63, 3.8) is 0 Å². The van der Waals surface area contributed by atoms with Gasteiger partial charge in [0.2, 0.25) is 0 Å². The summed E-state index contributed by atoms with van der Waals surface area (Å²) in [6, 6.07) is 8.93.